The summed E-state index contributed by atoms with van der Waals surface area (Å²) in [7, 11) is 0. The van der Waals surface area contributed by atoms with Crippen LogP contribution in [0.25, 0.3) is 0 Å². The van der Waals surface area contributed by atoms with E-state index in [9.17, 15) is 38.6 Å². The molecule has 278 valence electrons. The Morgan fingerprint density at radius 2 is 1.15 bits per heavy atom. The molecule has 3 heterocycles. The average molecular weight is 730 g/mol. The molecule has 3 saturated carbocycles. The second kappa shape index (κ2) is 13.1. The molecule has 0 bridgehead atoms. The summed E-state index contributed by atoms with van der Waals surface area (Å²) in [5.74, 6) is -5.03. The minimum atomic E-state index is -2.77. The summed E-state index contributed by atoms with van der Waals surface area (Å²) in [6.45, 7) is 2.32. The number of rotatable bonds is 8. The van der Waals surface area contributed by atoms with Crippen molar-refractivity contribution in [3.05, 3.63) is 85.7 Å². The molecule has 2 spiro atoms. The smallest absolute Gasteiger partial charge is 0.271 e. The van der Waals surface area contributed by atoms with Crippen molar-refractivity contribution in [1.29, 1.82) is 0 Å². The van der Waals surface area contributed by atoms with E-state index in [1.54, 1.807) is 6.07 Å². The Kier molecular flexibility index (Phi) is 8.64. The van der Waals surface area contributed by atoms with Gasteiger partial charge in [-0.1, -0.05) is 0 Å². The van der Waals surface area contributed by atoms with Crippen LogP contribution in [0.4, 0.5) is 37.5 Å². The van der Waals surface area contributed by atoms with Crippen LogP contribution in [-0.4, -0.2) is 63.7 Å². The van der Waals surface area contributed by atoms with E-state index < -0.39 is 27.6 Å². The van der Waals surface area contributed by atoms with Crippen molar-refractivity contribution in [2.24, 2.45) is 10.8 Å². The predicted octanol–water partition coefficient (Wildman–Crippen LogP) is 7.83. The van der Waals surface area contributed by atoms with Crippen molar-refractivity contribution in [2.75, 3.05) is 40.9 Å². The molecule has 2 aromatic carbocycles. The van der Waals surface area contributed by atoms with Gasteiger partial charge in [0, 0.05) is 81.1 Å². The quantitative estimate of drug-likeness (QED) is 0.127. The maximum absolute atomic E-state index is 15.0. The number of hydrogen-bond donors (Lipinski definition) is 0. The molecule has 3 aromatic rings. The zero-order valence-corrected chi connectivity index (χ0v) is 29.3. The number of anilines is 3. The molecule has 2 aliphatic heterocycles. The molecule has 2 amide bonds. The van der Waals surface area contributed by atoms with Crippen molar-refractivity contribution >= 4 is 40.5 Å². The van der Waals surface area contributed by atoms with E-state index in [1.807, 2.05) is 9.80 Å². The number of amides is 2. The van der Waals surface area contributed by atoms with E-state index in [1.165, 1.54) is 42.6 Å². The minimum Gasteiger partial charge on any atom is -0.371 e. The van der Waals surface area contributed by atoms with Gasteiger partial charge in [-0.15, -0.1) is 0 Å². The van der Waals surface area contributed by atoms with Crippen molar-refractivity contribution in [3.63, 3.8) is 0 Å². The van der Waals surface area contributed by atoms with Gasteiger partial charge in [0.15, 0.2) is 0 Å². The van der Waals surface area contributed by atoms with Gasteiger partial charge in [-0.3, -0.25) is 29.8 Å². The number of nitro groups is 2. The second-order valence-electron chi connectivity index (χ2n) is 15.7. The molecular weight excluding hydrogens is 688 g/mol. The average Bonchev–Trinajstić information content (AvgIpc) is 4.10. The summed E-state index contributed by atoms with van der Waals surface area (Å²) in [5.41, 5.74) is 1.28. The van der Waals surface area contributed by atoms with Crippen molar-refractivity contribution in [2.45, 2.75) is 88.9 Å². The van der Waals surface area contributed by atoms with Gasteiger partial charge in [-0.25, -0.2) is 23.6 Å². The molecule has 0 radical (unpaired) electrons. The largest absolute Gasteiger partial charge is 0.371 e. The summed E-state index contributed by atoms with van der Waals surface area (Å²) in [6.07, 6.45) is 9.12. The van der Waals surface area contributed by atoms with Crippen molar-refractivity contribution in [1.82, 2.24) is 9.97 Å². The minimum absolute atomic E-state index is 0.0408. The van der Waals surface area contributed by atoms with E-state index in [-0.39, 0.29) is 70.9 Å². The Labute approximate surface area is 304 Å². The first kappa shape index (κ1) is 35.0. The normalized spacial score (nSPS) is 21.3. The fourth-order valence-corrected chi connectivity index (χ4v) is 8.50. The lowest BCUT2D eigenvalue weighted by atomic mass is 9.85. The highest BCUT2D eigenvalue weighted by molar-refractivity contribution is 6.27. The molecule has 0 N–H and O–H groups in total. The van der Waals surface area contributed by atoms with Crippen LogP contribution in [0.3, 0.4) is 0 Å². The molecule has 1 aromatic heterocycles. The summed E-state index contributed by atoms with van der Waals surface area (Å²) in [4.78, 5) is 66.5. The van der Waals surface area contributed by atoms with Gasteiger partial charge in [0.05, 0.1) is 32.3 Å². The van der Waals surface area contributed by atoms with E-state index in [4.69, 9.17) is 0 Å². The molecule has 2 saturated heterocycles. The Bertz CT molecular complexity index is 1870. The molecule has 0 unspecified atom stereocenters. The Balaban J connectivity index is 1.22. The topological polar surface area (TPSA) is 156 Å². The van der Waals surface area contributed by atoms with Gasteiger partial charge in [-0.2, -0.15) is 0 Å². The molecule has 13 nitrogen and oxygen atoms in total. The summed E-state index contributed by atoms with van der Waals surface area (Å²) < 4.78 is 28.2. The van der Waals surface area contributed by atoms with Gasteiger partial charge in [0.25, 0.3) is 23.2 Å². The summed E-state index contributed by atoms with van der Waals surface area (Å²) >= 11 is 0. The van der Waals surface area contributed by atoms with Gasteiger partial charge in [-0.05, 0) is 93.2 Å². The highest BCUT2D eigenvalue weighted by atomic mass is 19.3. The molecule has 53 heavy (non-hydrogen) atoms. The zero-order chi connectivity index (χ0) is 37.1. The maximum atomic E-state index is 15.0. The summed E-state index contributed by atoms with van der Waals surface area (Å²) in [5, 5.41) is 23.9. The first-order valence-electron chi connectivity index (χ1n) is 18.5. The van der Waals surface area contributed by atoms with Crippen molar-refractivity contribution in [3.8, 4) is 0 Å². The number of halogens is 2. The number of non-ortho nitro benzene ring substituents is 2. The third-order valence-corrected chi connectivity index (χ3v) is 12.5. The van der Waals surface area contributed by atoms with E-state index in [2.05, 4.69) is 9.97 Å². The van der Waals surface area contributed by atoms with Crippen LogP contribution in [0.15, 0.2) is 48.7 Å². The molecule has 15 heteroatoms. The number of benzene rings is 2. The number of piperidine rings is 2. The third-order valence-electron chi connectivity index (χ3n) is 12.5. The second-order valence-corrected chi connectivity index (χ2v) is 15.7. The molecule has 8 rings (SSSR count). The number of alkyl halides is 2. The zero-order valence-electron chi connectivity index (χ0n) is 29.3. The number of aromatic nitrogens is 2. The van der Waals surface area contributed by atoms with Gasteiger partial charge >= 0.3 is 0 Å². The number of hydrogen-bond acceptors (Lipinski definition) is 10. The maximum Gasteiger partial charge on any atom is 0.271 e. The van der Waals surface area contributed by atoms with Crippen LogP contribution >= 0.6 is 0 Å². The molecular formula is C38H41F2N7O6. The fraction of sp³-hybridized carbons (Fsp3) is 0.526. The van der Waals surface area contributed by atoms with Crippen LogP contribution < -0.4 is 14.7 Å². The first-order valence-corrected chi connectivity index (χ1v) is 18.5. The number of carbonyl (C=O) groups is 2. The van der Waals surface area contributed by atoms with E-state index in [0.717, 1.165) is 56.3 Å². The van der Waals surface area contributed by atoms with Crippen LogP contribution in [0, 0.1) is 31.1 Å². The monoisotopic (exact) mass is 729 g/mol. The Morgan fingerprint density at radius 1 is 0.698 bits per heavy atom. The Morgan fingerprint density at radius 3 is 1.57 bits per heavy atom. The highest BCUT2D eigenvalue weighted by Crippen LogP contribution is 2.55. The van der Waals surface area contributed by atoms with Gasteiger partial charge in [0.1, 0.15) is 0 Å². The lowest BCUT2D eigenvalue weighted by molar-refractivity contribution is -0.385. The predicted molar refractivity (Wildman–Crippen MR) is 192 cm³/mol. The lowest BCUT2D eigenvalue weighted by Gasteiger charge is -2.36. The lowest BCUT2D eigenvalue weighted by Crippen LogP contribution is -2.42. The number of nitro benzene ring substituents is 2. The Hall–Kier alpha value is -5.08. The van der Waals surface area contributed by atoms with Gasteiger partial charge < -0.3 is 9.80 Å². The SMILES string of the molecule is O=C(c1ccc([N+](=O)[O-])cc1N1CCC2(CC1)CC2)N(C(=O)c1ccc([N+](=O)[O-])cc1N1CCC2(CC1)CC2)c1nccc(C2CCC(F)(F)CC2)n1. The molecule has 0 atom stereocenters. The van der Waals surface area contributed by atoms with Crippen LogP contribution in [0.5, 0.6) is 0 Å². The van der Waals surface area contributed by atoms with Crippen LogP contribution in [0.2, 0.25) is 0 Å². The summed E-state index contributed by atoms with van der Waals surface area (Å²) in [6, 6.07) is 9.47. The number of nitrogens with zero attached hydrogens (tertiary/aromatic N) is 7. The molecule has 5 aliphatic rings. The van der Waals surface area contributed by atoms with Gasteiger partial charge in [0.2, 0.25) is 11.9 Å². The van der Waals surface area contributed by atoms with Crippen LogP contribution in [-0.2, 0) is 0 Å². The fourth-order valence-electron chi connectivity index (χ4n) is 8.50. The highest BCUT2D eigenvalue weighted by Gasteiger charge is 2.46. The number of carbonyl (C=O) groups excluding carboxylic acids is 2. The van der Waals surface area contributed by atoms with E-state index >= 15 is 0 Å². The van der Waals surface area contributed by atoms with Crippen LogP contribution in [0.1, 0.15) is 109 Å². The van der Waals surface area contributed by atoms with E-state index in [0.29, 0.717) is 43.2 Å². The molecule has 3 aliphatic carbocycles. The third kappa shape index (κ3) is 6.93. The number of imide groups is 1. The molecule has 5 fully saturated rings. The first-order chi connectivity index (χ1) is 25.3. The standard InChI is InChI=1S/C38H41F2N7O6/c39-38(40)8-5-25(6-9-38)30-7-18-41-35(42-30)45(33(48)28-3-1-26(46(50)51)23-31(28)43-19-14-36(10-11-36)15-20-43)34(49)29-4-2-27(47(52)53)24-32(29)44-21-16-37(12-13-37)17-22-44/h1-4,7,18,23-25H,5-6,8-17,19-22H2. The van der Waals surface area contributed by atoms with Crippen molar-refractivity contribution < 1.29 is 28.2 Å².